The molecule has 2 aromatic heterocycles. The van der Waals surface area contributed by atoms with Crippen LogP contribution in [0.3, 0.4) is 0 Å². The molecule has 0 spiro atoms. The van der Waals surface area contributed by atoms with Crippen molar-refractivity contribution in [1.29, 1.82) is 0 Å². The van der Waals surface area contributed by atoms with Gasteiger partial charge in [0.25, 0.3) is 0 Å². The molecule has 2 aromatic rings. The summed E-state index contributed by atoms with van der Waals surface area (Å²) in [4.78, 5) is 11.0. The fourth-order valence-corrected chi connectivity index (χ4v) is 2.99. The maximum Gasteiger partial charge on any atom is 0.208 e. The smallest absolute Gasteiger partial charge is 0.208 e. The highest BCUT2D eigenvalue weighted by molar-refractivity contribution is 5.09. The Balaban J connectivity index is 1.50. The molecule has 1 aliphatic carbocycles. The van der Waals surface area contributed by atoms with Gasteiger partial charge >= 0.3 is 0 Å². The third kappa shape index (κ3) is 2.58. The molecule has 2 atom stereocenters. The lowest BCUT2D eigenvalue weighted by molar-refractivity contribution is 0.106. The first-order valence-corrected chi connectivity index (χ1v) is 7.40. The molecule has 21 heavy (non-hydrogen) atoms. The van der Waals surface area contributed by atoms with Crippen molar-refractivity contribution in [3.05, 3.63) is 30.0 Å². The van der Waals surface area contributed by atoms with Gasteiger partial charge in [0, 0.05) is 19.6 Å². The predicted molar refractivity (Wildman–Crippen MR) is 73.4 cm³/mol. The molecule has 0 amide bonds. The fraction of sp³-hybridized carbons (Fsp3) is 0.643. The average Bonchev–Trinajstić information content (AvgIpc) is 2.95. The van der Waals surface area contributed by atoms with Crippen LogP contribution in [-0.2, 0) is 11.3 Å². The molecule has 4 rings (SSSR count). The Hall–Kier alpha value is -1.73. The molecular weight excluding hydrogens is 270 g/mol. The second-order valence-electron chi connectivity index (χ2n) is 5.84. The zero-order valence-electron chi connectivity index (χ0n) is 12.0. The molecular formula is C14H19N5O2. The quantitative estimate of drug-likeness (QED) is 0.901. The molecule has 1 saturated carbocycles. The number of hydrogen-bond acceptors (Lipinski definition) is 6. The first-order valence-electron chi connectivity index (χ1n) is 7.40. The van der Waals surface area contributed by atoms with E-state index in [1.807, 2.05) is 6.20 Å². The van der Waals surface area contributed by atoms with Gasteiger partial charge in [-0.2, -0.15) is 5.10 Å². The molecule has 2 aliphatic rings. The summed E-state index contributed by atoms with van der Waals surface area (Å²) >= 11 is 0. The molecule has 112 valence electrons. The predicted octanol–water partition coefficient (Wildman–Crippen LogP) is 1.63. The lowest BCUT2D eigenvalue weighted by Gasteiger charge is -2.20. The molecule has 1 saturated heterocycles. The number of aromatic nitrogens is 4. The highest BCUT2D eigenvalue weighted by Crippen LogP contribution is 2.40. The van der Waals surface area contributed by atoms with Crippen molar-refractivity contribution >= 4 is 0 Å². The van der Waals surface area contributed by atoms with E-state index >= 15 is 0 Å². The Labute approximate surface area is 122 Å². The average molecular weight is 289 g/mol. The van der Waals surface area contributed by atoms with E-state index in [4.69, 9.17) is 9.15 Å². The summed E-state index contributed by atoms with van der Waals surface area (Å²) in [7, 11) is 1.75. The van der Waals surface area contributed by atoms with Gasteiger partial charge in [-0.05, 0) is 19.3 Å². The van der Waals surface area contributed by atoms with Crippen molar-refractivity contribution in [2.24, 2.45) is 0 Å². The summed E-state index contributed by atoms with van der Waals surface area (Å²) in [6.45, 7) is 1.53. The van der Waals surface area contributed by atoms with E-state index in [-0.39, 0.29) is 12.1 Å². The van der Waals surface area contributed by atoms with Crippen LogP contribution in [0.5, 0.6) is 0 Å². The Morgan fingerprint density at radius 3 is 3.05 bits per heavy atom. The van der Waals surface area contributed by atoms with Crippen LogP contribution >= 0.6 is 0 Å². The van der Waals surface area contributed by atoms with Gasteiger partial charge in [0.05, 0.1) is 24.9 Å². The van der Waals surface area contributed by atoms with Crippen molar-refractivity contribution in [2.75, 3.05) is 13.7 Å². The van der Waals surface area contributed by atoms with Crippen LogP contribution in [0.1, 0.15) is 48.7 Å². The van der Waals surface area contributed by atoms with E-state index in [0.29, 0.717) is 12.5 Å². The Kier molecular flexibility index (Phi) is 3.23. The van der Waals surface area contributed by atoms with Crippen molar-refractivity contribution in [2.45, 2.75) is 43.9 Å². The van der Waals surface area contributed by atoms with Gasteiger partial charge in [0.1, 0.15) is 17.9 Å². The molecule has 2 fully saturated rings. The van der Waals surface area contributed by atoms with E-state index in [2.05, 4.69) is 25.1 Å². The zero-order valence-corrected chi connectivity index (χ0v) is 12.0. The summed E-state index contributed by atoms with van der Waals surface area (Å²) in [5, 5.41) is 6.92. The molecule has 3 heterocycles. The third-order valence-corrected chi connectivity index (χ3v) is 4.34. The third-order valence-electron chi connectivity index (χ3n) is 4.34. The summed E-state index contributed by atoms with van der Waals surface area (Å²) in [6, 6.07) is 0.175. The lowest BCUT2D eigenvalue weighted by Crippen LogP contribution is -2.25. The van der Waals surface area contributed by atoms with Crippen LogP contribution in [-0.4, -0.2) is 44.8 Å². The number of hydrogen-bond donors (Lipinski definition) is 1. The zero-order chi connectivity index (χ0) is 14.2. The standard InChI is InChI=1S/C14H19N5O2/c1-20-10-4-11(14-16-8-17-18-14)19(6-10)7-13-15-5-12(21-13)9-2-3-9/h5,8-11H,2-4,6-7H2,1H3,(H,16,17,18)/t10-,11+/m1/s1. The van der Waals surface area contributed by atoms with E-state index in [1.54, 1.807) is 13.4 Å². The number of ether oxygens (including phenoxy) is 1. The van der Waals surface area contributed by atoms with Crippen molar-refractivity contribution in [3.8, 4) is 0 Å². The van der Waals surface area contributed by atoms with Crippen molar-refractivity contribution < 1.29 is 9.15 Å². The summed E-state index contributed by atoms with van der Waals surface area (Å²) < 4.78 is 11.4. The van der Waals surface area contributed by atoms with Crippen LogP contribution in [0.25, 0.3) is 0 Å². The molecule has 0 bridgehead atoms. The molecule has 0 aromatic carbocycles. The first kappa shape index (κ1) is 13.0. The van der Waals surface area contributed by atoms with E-state index in [0.717, 1.165) is 30.4 Å². The number of aromatic amines is 1. The van der Waals surface area contributed by atoms with Gasteiger partial charge in [-0.15, -0.1) is 0 Å². The van der Waals surface area contributed by atoms with Crippen LogP contribution in [0.15, 0.2) is 16.9 Å². The normalized spacial score (nSPS) is 26.5. The number of likely N-dealkylation sites (tertiary alicyclic amines) is 1. The lowest BCUT2D eigenvalue weighted by atomic mass is 10.2. The SMILES string of the molecule is CO[C@@H]1C[C@@H](c2ncn[nH]2)N(Cc2ncc(C3CC3)o2)C1. The minimum Gasteiger partial charge on any atom is -0.444 e. The Morgan fingerprint density at radius 1 is 1.43 bits per heavy atom. The number of H-pyrrole nitrogens is 1. The number of methoxy groups -OCH3 is 1. The fourth-order valence-electron chi connectivity index (χ4n) is 2.99. The van der Waals surface area contributed by atoms with E-state index in [1.165, 1.54) is 12.8 Å². The summed E-state index contributed by atoms with van der Waals surface area (Å²) in [5.41, 5.74) is 0. The maximum absolute atomic E-state index is 5.86. The molecule has 0 unspecified atom stereocenters. The highest BCUT2D eigenvalue weighted by Gasteiger charge is 2.36. The van der Waals surface area contributed by atoms with Gasteiger partial charge in [0.2, 0.25) is 5.89 Å². The Morgan fingerprint density at radius 2 is 2.33 bits per heavy atom. The summed E-state index contributed by atoms with van der Waals surface area (Å²) in [6.07, 6.45) is 6.99. The first-order chi connectivity index (χ1) is 10.3. The van der Waals surface area contributed by atoms with E-state index in [9.17, 15) is 0 Å². The number of oxazole rings is 1. The van der Waals surface area contributed by atoms with Gasteiger partial charge in [-0.25, -0.2) is 9.97 Å². The minimum atomic E-state index is 0.175. The van der Waals surface area contributed by atoms with Gasteiger partial charge in [0.15, 0.2) is 0 Å². The topological polar surface area (TPSA) is 80.1 Å². The molecule has 7 nitrogen and oxygen atoms in total. The maximum atomic E-state index is 5.86. The second kappa shape index (κ2) is 5.23. The number of nitrogens with one attached hydrogen (secondary N) is 1. The van der Waals surface area contributed by atoms with Crippen LogP contribution in [0.2, 0.25) is 0 Å². The van der Waals surface area contributed by atoms with Crippen molar-refractivity contribution in [1.82, 2.24) is 25.1 Å². The van der Waals surface area contributed by atoms with Crippen LogP contribution in [0, 0.1) is 0 Å². The van der Waals surface area contributed by atoms with Gasteiger partial charge < -0.3 is 9.15 Å². The number of rotatable bonds is 5. The molecule has 7 heteroatoms. The second-order valence-corrected chi connectivity index (χ2v) is 5.84. The monoisotopic (exact) mass is 289 g/mol. The largest absolute Gasteiger partial charge is 0.444 e. The van der Waals surface area contributed by atoms with Crippen LogP contribution in [0.4, 0.5) is 0 Å². The summed E-state index contributed by atoms with van der Waals surface area (Å²) in [5.74, 6) is 3.28. The molecule has 1 N–H and O–H groups in total. The van der Waals surface area contributed by atoms with Crippen molar-refractivity contribution in [3.63, 3.8) is 0 Å². The van der Waals surface area contributed by atoms with Gasteiger partial charge in [-0.3, -0.25) is 10.00 Å². The molecule has 0 radical (unpaired) electrons. The highest BCUT2D eigenvalue weighted by atomic mass is 16.5. The Bertz CT molecular complexity index is 592. The van der Waals surface area contributed by atoms with Crippen LogP contribution < -0.4 is 0 Å². The number of nitrogens with zero attached hydrogens (tertiary/aromatic N) is 4. The van der Waals surface area contributed by atoms with E-state index < -0.39 is 0 Å². The molecule has 1 aliphatic heterocycles. The van der Waals surface area contributed by atoms with Gasteiger partial charge in [-0.1, -0.05) is 0 Å². The minimum absolute atomic E-state index is 0.175.